The molecule has 0 aliphatic rings. The summed E-state index contributed by atoms with van der Waals surface area (Å²) in [5.74, 6) is -0.606. The van der Waals surface area contributed by atoms with Crippen molar-refractivity contribution in [1.82, 2.24) is 5.32 Å². The van der Waals surface area contributed by atoms with Gasteiger partial charge in [-0.1, -0.05) is 0 Å². The van der Waals surface area contributed by atoms with Crippen LogP contribution in [-0.2, 0) is 9.53 Å². The van der Waals surface area contributed by atoms with Gasteiger partial charge in [0.1, 0.15) is 6.61 Å². The SMILES string of the molecule is NC(=O)C(N)CNCCOCC(F)F. The van der Waals surface area contributed by atoms with Gasteiger partial charge in [-0.25, -0.2) is 8.78 Å². The summed E-state index contributed by atoms with van der Waals surface area (Å²) in [6, 6.07) is -0.759. The molecule has 1 unspecified atom stereocenters. The van der Waals surface area contributed by atoms with E-state index >= 15 is 0 Å². The summed E-state index contributed by atoms with van der Waals surface area (Å²) < 4.78 is 27.7. The van der Waals surface area contributed by atoms with Crippen LogP contribution in [-0.4, -0.2) is 44.7 Å². The van der Waals surface area contributed by atoms with Crippen LogP contribution in [0.25, 0.3) is 0 Å². The number of hydrogen-bond donors (Lipinski definition) is 3. The molecule has 7 heteroatoms. The van der Waals surface area contributed by atoms with Crippen molar-refractivity contribution in [2.45, 2.75) is 12.5 Å². The molecule has 0 aliphatic heterocycles. The Bertz CT molecular complexity index is 169. The number of hydrogen-bond acceptors (Lipinski definition) is 4. The molecule has 0 radical (unpaired) electrons. The van der Waals surface area contributed by atoms with Crippen molar-refractivity contribution in [3.63, 3.8) is 0 Å². The Hall–Kier alpha value is -0.790. The van der Waals surface area contributed by atoms with Crippen LogP contribution in [0.2, 0.25) is 0 Å². The maximum Gasteiger partial charge on any atom is 0.261 e. The summed E-state index contributed by atoms with van der Waals surface area (Å²) >= 11 is 0. The van der Waals surface area contributed by atoms with Gasteiger partial charge in [-0.15, -0.1) is 0 Å². The minimum absolute atomic E-state index is 0.149. The summed E-state index contributed by atoms with van der Waals surface area (Å²) in [5, 5.41) is 2.74. The smallest absolute Gasteiger partial charge is 0.261 e. The molecule has 0 aromatic heterocycles. The van der Waals surface area contributed by atoms with Gasteiger partial charge in [-0.2, -0.15) is 0 Å². The van der Waals surface area contributed by atoms with Crippen molar-refractivity contribution in [1.29, 1.82) is 0 Å². The molecular weight excluding hydrogens is 196 g/mol. The van der Waals surface area contributed by atoms with E-state index in [1.807, 2.05) is 0 Å². The van der Waals surface area contributed by atoms with Gasteiger partial charge in [0.2, 0.25) is 5.91 Å². The Balaban J connectivity index is 3.17. The number of ether oxygens (including phenoxy) is 1. The zero-order valence-electron chi connectivity index (χ0n) is 7.71. The topological polar surface area (TPSA) is 90.4 Å². The normalized spacial score (nSPS) is 13.1. The van der Waals surface area contributed by atoms with Crippen molar-refractivity contribution in [2.75, 3.05) is 26.3 Å². The molecule has 5 nitrogen and oxygen atoms in total. The van der Waals surface area contributed by atoms with Gasteiger partial charge in [0.05, 0.1) is 12.6 Å². The van der Waals surface area contributed by atoms with E-state index < -0.39 is 25.0 Å². The second kappa shape index (κ2) is 7.60. The highest BCUT2D eigenvalue weighted by molar-refractivity contribution is 5.79. The lowest BCUT2D eigenvalue weighted by Gasteiger charge is -2.09. The van der Waals surface area contributed by atoms with E-state index in [-0.39, 0.29) is 13.2 Å². The first-order chi connectivity index (χ1) is 6.54. The lowest BCUT2D eigenvalue weighted by Crippen LogP contribution is -2.44. The lowest BCUT2D eigenvalue weighted by molar-refractivity contribution is -0.119. The molecule has 0 saturated carbocycles. The van der Waals surface area contributed by atoms with Gasteiger partial charge in [-0.3, -0.25) is 4.79 Å². The van der Waals surface area contributed by atoms with Crippen LogP contribution >= 0.6 is 0 Å². The Kier molecular flexibility index (Phi) is 7.17. The van der Waals surface area contributed by atoms with E-state index in [1.165, 1.54) is 0 Å². The fourth-order valence-electron chi connectivity index (χ4n) is 0.675. The highest BCUT2D eigenvalue weighted by Crippen LogP contribution is 1.91. The third-order valence-electron chi connectivity index (χ3n) is 1.40. The van der Waals surface area contributed by atoms with Crippen LogP contribution in [0.4, 0.5) is 8.78 Å². The number of nitrogens with two attached hydrogens (primary N) is 2. The maximum atomic E-state index is 11.6. The van der Waals surface area contributed by atoms with E-state index in [9.17, 15) is 13.6 Å². The number of nitrogens with one attached hydrogen (secondary N) is 1. The molecule has 0 bridgehead atoms. The average molecular weight is 211 g/mol. The Morgan fingerprint density at radius 1 is 1.50 bits per heavy atom. The lowest BCUT2D eigenvalue weighted by atomic mass is 10.3. The van der Waals surface area contributed by atoms with E-state index in [2.05, 4.69) is 10.1 Å². The molecule has 0 saturated heterocycles. The molecule has 0 aromatic carbocycles. The van der Waals surface area contributed by atoms with Crippen LogP contribution < -0.4 is 16.8 Å². The fraction of sp³-hybridized carbons (Fsp3) is 0.857. The van der Waals surface area contributed by atoms with Crippen LogP contribution in [0, 0.1) is 0 Å². The first-order valence-corrected chi connectivity index (χ1v) is 4.15. The highest BCUT2D eigenvalue weighted by atomic mass is 19.3. The largest absolute Gasteiger partial charge is 0.374 e. The van der Waals surface area contributed by atoms with Gasteiger partial charge >= 0.3 is 0 Å². The maximum absolute atomic E-state index is 11.6. The number of primary amides is 1. The van der Waals surface area contributed by atoms with E-state index in [0.717, 1.165) is 0 Å². The van der Waals surface area contributed by atoms with Crippen LogP contribution in [0.1, 0.15) is 0 Å². The number of carbonyl (C=O) groups is 1. The van der Waals surface area contributed by atoms with Crippen LogP contribution in [0.5, 0.6) is 0 Å². The molecule has 5 N–H and O–H groups in total. The molecular formula is C7H15F2N3O2. The monoisotopic (exact) mass is 211 g/mol. The number of rotatable bonds is 8. The summed E-state index contributed by atoms with van der Waals surface area (Å²) in [6.45, 7) is 0.139. The molecule has 0 spiro atoms. The van der Waals surface area contributed by atoms with Gasteiger partial charge in [-0.05, 0) is 0 Å². The molecule has 1 atom stereocenters. The Labute approximate surface area is 80.8 Å². The number of alkyl halides is 2. The zero-order valence-corrected chi connectivity index (χ0v) is 7.71. The fourth-order valence-corrected chi connectivity index (χ4v) is 0.675. The molecule has 14 heavy (non-hydrogen) atoms. The first kappa shape index (κ1) is 13.2. The van der Waals surface area contributed by atoms with Crippen molar-refractivity contribution in [2.24, 2.45) is 11.5 Å². The second-order valence-electron chi connectivity index (χ2n) is 2.68. The minimum atomic E-state index is -2.46. The molecule has 0 rings (SSSR count). The van der Waals surface area contributed by atoms with Gasteiger partial charge in [0, 0.05) is 13.1 Å². The molecule has 84 valence electrons. The van der Waals surface area contributed by atoms with Gasteiger partial charge < -0.3 is 21.5 Å². The van der Waals surface area contributed by atoms with Crippen LogP contribution in [0.15, 0.2) is 0 Å². The third kappa shape index (κ3) is 7.84. The number of carbonyl (C=O) groups excluding carboxylic acids is 1. The highest BCUT2D eigenvalue weighted by Gasteiger charge is 2.07. The molecule has 1 amide bonds. The predicted octanol–water partition coefficient (Wildman–Crippen LogP) is -1.33. The van der Waals surface area contributed by atoms with Crippen molar-refractivity contribution in [3.8, 4) is 0 Å². The first-order valence-electron chi connectivity index (χ1n) is 4.15. The van der Waals surface area contributed by atoms with Crippen molar-refractivity contribution in [3.05, 3.63) is 0 Å². The van der Waals surface area contributed by atoms with E-state index in [1.54, 1.807) is 0 Å². The average Bonchev–Trinajstić information content (AvgIpc) is 2.09. The molecule has 0 fully saturated rings. The summed E-state index contributed by atoms with van der Waals surface area (Å²) in [6.07, 6.45) is -2.46. The van der Waals surface area contributed by atoms with Crippen LogP contribution in [0.3, 0.4) is 0 Å². The summed E-state index contributed by atoms with van der Waals surface area (Å²) in [5.41, 5.74) is 10.2. The standard InChI is InChI=1S/C7H15F2N3O2/c8-6(9)4-14-2-1-12-3-5(10)7(11)13/h5-6,12H,1-4,10H2,(H2,11,13). The van der Waals surface area contributed by atoms with Gasteiger partial charge in [0.15, 0.2) is 0 Å². The molecule has 0 heterocycles. The quantitative estimate of drug-likeness (QED) is 0.434. The third-order valence-corrected chi connectivity index (χ3v) is 1.40. The van der Waals surface area contributed by atoms with Crippen molar-refractivity contribution < 1.29 is 18.3 Å². The summed E-state index contributed by atoms with van der Waals surface area (Å²) in [7, 11) is 0. The summed E-state index contributed by atoms with van der Waals surface area (Å²) in [4.78, 5) is 10.4. The molecule has 0 aliphatic carbocycles. The Morgan fingerprint density at radius 2 is 2.14 bits per heavy atom. The van der Waals surface area contributed by atoms with Crippen molar-refractivity contribution >= 4 is 5.91 Å². The number of halogens is 2. The second-order valence-corrected chi connectivity index (χ2v) is 2.68. The number of amides is 1. The minimum Gasteiger partial charge on any atom is -0.374 e. The molecule has 0 aromatic rings. The van der Waals surface area contributed by atoms with Gasteiger partial charge in [0.25, 0.3) is 6.43 Å². The Morgan fingerprint density at radius 3 is 2.64 bits per heavy atom. The zero-order chi connectivity index (χ0) is 11.0. The van der Waals surface area contributed by atoms with E-state index in [0.29, 0.717) is 6.54 Å². The van der Waals surface area contributed by atoms with E-state index in [4.69, 9.17) is 11.5 Å². The predicted molar refractivity (Wildman–Crippen MR) is 46.9 cm³/mol.